The van der Waals surface area contributed by atoms with E-state index in [-0.39, 0.29) is 22.3 Å². The van der Waals surface area contributed by atoms with Gasteiger partial charge in [-0.25, -0.2) is 4.79 Å². The average Bonchev–Trinajstić information content (AvgIpc) is 3.24. The summed E-state index contributed by atoms with van der Waals surface area (Å²) in [4.78, 5) is 18.2. The fraction of sp³-hybridized carbons (Fsp3) is 0.500. The van der Waals surface area contributed by atoms with Gasteiger partial charge in [0.05, 0.1) is 0 Å². The molecule has 0 bridgehead atoms. The van der Waals surface area contributed by atoms with Crippen molar-refractivity contribution in [3.8, 4) is 0 Å². The molecule has 0 saturated heterocycles. The number of hydrogen-bond acceptors (Lipinski definition) is 3. The zero-order valence-electron chi connectivity index (χ0n) is 13.4. The minimum absolute atomic E-state index is 0.00441. The number of hydrogen-bond donors (Lipinski definition) is 1. The molecule has 1 atom stereocenters. The Morgan fingerprint density at radius 3 is 2.39 bits per heavy atom. The molecule has 1 unspecified atom stereocenters. The van der Waals surface area contributed by atoms with Crippen LogP contribution in [-0.2, 0) is 9.63 Å². The summed E-state index contributed by atoms with van der Waals surface area (Å²) in [5.74, 6) is -1.04. The van der Waals surface area contributed by atoms with Crippen LogP contribution >= 0.6 is 10.5 Å². The summed E-state index contributed by atoms with van der Waals surface area (Å²) in [6.07, 6.45) is 6.86. The molecule has 5 heteroatoms. The first kappa shape index (κ1) is 16.2. The maximum Gasteiger partial charge on any atom is 0.358 e. The third-order valence-corrected chi connectivity index (χ3v) is 6.85. The SMILES string of the molecule is C/C=S(/c1ccc(/C(=N\OC2CCCC2)C(=O)O)cc1)C1CC1. The van der Waals surface area contributed by atoms with E-state index in [4.69, 9.17) is 4.84 Å². The summed E-state index contributed by atoms with van der Waals surface area (Å²) < 4.78 is 0. The fourth-order valence-corrected chi connectivity index (χ4v) is 5.09. The molecule has 1 aromatic rings. The van der Waals surface area contributed by atoms with Gasteiger partial charge in [-0.1, -0.05) is 22.7 Å². The summed E-state index contributed by atoms with van der Waals surface area (Å²) in [5, 5.41) is 16.4. The van der Waals surface area contributed by atoms with Crippen LogP contribution in [0.1, 0.15) is 51.0 Å². The molecule has 2 saturated carbocycles. The molecule has 0 aromatic heterocycles. The molecule has 2 aliphatic rings. The average molecular weight is 333 g/mol. The summed E-state index contributed by atoms with van der Waals surface area (Å²) in [6.45, 7) is 2.11. The van der Waals surface area contributed by atoms with Crippen molar-refractivity contribution >= 4 is 27.5 Å². The minimum atomic E-state index is -1.04. The minimum Gasteiger partial charge on any atom is -0.476 e. The molecule has 0 aliphatic heterocycles. The lowest BCUT2D eigenvalue weighted by molar-refractivity contribution is -0.129. The van der Waals surface area contributed by atoms with Crippen LogP contribution in [0.3, 0.4) is 0 Å². The molecule has 3 rings (SSSR count). The molecule has 0 radical (unpaired) electrons. The van der Waals surface area contributed by atoms with Crippen LogP contribution in [0.4, 0.5) is 0 Å². The van der Waals surface area contributed by atoms with E-state index in [1.54, 1.807) is 0 Å². The Hall–Kier alpha value is -1.62. The van der Waals surface area contributed by atoms with Crippen molar-refractivity contribution in [2.45, 2.75) is 61.7 Å². The summed E-state index contributed by atoms with van der Waals surface area (Å²) in [6, 6.07) is 7.77. The molecular formula is C18H23NO3S. The highest BCUT2D eigenvalue weighted by atomic mass is 32.2. The van der Waals surface area contributed by atoms with Gasteiger partial charge in [0.15, 0.2) is 5.71 Å². The third kappa shape index (κ3) is 4.02. The molecular weight excluding hydrogens is 310 g/mol. The zero-order valence-corrected chi connectivity index (χ0v) is 14.2. The van der Waals surface area contributed by atoms with Crippen LogP contribution in [0.25, 0.3) is 0 Å². The van der Waals surface area contributed by atoms with E-state index in [1.165, 1.54) is 17.7 Å². The van der Waals surface area contributed by atoms with Gasteiger partial charge in [0.2, 0.25) is 0 Å². The first-order chi connectivity index (χ1) is 11.2. The predicted octanol–water partition coefficient (Wildman–Crippen LogP) is 4.05. The van der Waals surface area contributed by atoms with Crippen molar-refractivity contribution in [1.29, 1.82) is 0 Å². The van der Waals surface area contributed by atoms with Crippen LogP contribution < -0.4 is 0 Å². The number of carbonyl (C=O) groups is 1. The Morgan fingerprint density at radius 2 is 1.87 bits per heavy atom. The number of aliphatic carboxylic acids is 1. The molecule has 124 valence electrons. The summed E-state index contributed by atoms with van der Waals surface area (Å²) in [7, 11) is 0.183. The quantitative estimate of drug-likeness (QED) is 0.485. The van der Waals surface area contributed by atoms with Crippen LogP contribution in [0.5, 0.6) is 0 Å². The fourth-order valence-electron chi connectivity index (χ4n) is 2.95. The third-order valence-electron chi connectivity index (χ3n) is 4.34. The number of carboxylic acids is 1. The van der Waals surface area contributed by atoms with Crippen LogP contribution in [0.2, 0.25) is 0 Å². The maximum absolute atomic E-state index is 11.5. The molecule has 1 N–H and O–H groups in total. The molecule has 0 heterocycles. The number of oxime groups is 1. The van der Waals surface area contributed by atoms with Crippen molar-refractivity contribution in [3.63, 3.8) is 0 Å². The van der Waals surface area contributed by atoms with Gasteiger partial charge in [-0.2, -0.15) is 10.5 Å². The predicted molar refractivity (Wildman–Crippen MR) is 94.6 cm³/mol. The van der Waals surface area contributed by atoms with E-state index < -0.39 is 5.97 Å². The molecule has 1 aromatic carbocycles. The van der Waals surface area contributed by atoms with Crippen molar-refractivity contribution in [3.05, 3.63) is 29.8 Å². The molecule has 2 aliphatic carbocycles. The highest BCUT2D eigenvalue weighted by Gasteiger charge is 2.25. The van der Waals surface area contributed by atoms with E-state index in [2.05, 4.69) is 17.4 Å². The topological polar surface area (TPSA) is 58.9 Å². The molecule has 2 fully saturated rings. The summed E-state index contributed by atoms with van der Waals surface area (Å²) in [5.41, 5.74) is 0.602. The second kappa shape index (κ2) is 7.30. The first-order valence-electron chi connectivity index (χ1n) is 8.28. The lowest BCUT2D eigenvalue weighted by Gasteiger charge is -2.10. The van der Waals surface area contributed by atoms with Crippen molar-refractivity contribution < 1.29 is 14.7 Å². The molecule has 23 heavy (non-hydrogen) atoms. The van der Waals surface area contributed by atoms with Gasteiger partial charge in [0, 0.05) is 15.7 Å². The van der Waals surface area contributed by atoms with Crippen LogP contribution in [0, 0.1) is 0 Å². The number of carboxylic acid groups (broad SMARTS) is 1. The molecule has 4 nitrogen and oxygen atoms in total. The zero-order chi connectivity index (χ0) is 16.2. The number of benzene rings is 1. The van der Waals surface area contributed by atoms with Gasteiger partial charge in [-0.3, -0.25) is 0 Å². The van der Waals surface area contributed by atoms with Crippen molar-refractivity contribution in [2.75, 3.05) is 0 Å². The Balaban J connectivity index is 1.76. The van der Waals surface area contributed by atoms with Gasteiger partial charge in [0.1, 0.15) is 6.10 Å². The Morgan fingerprint density at radius 1 is 1.22 bits per heavy atom. The normalized spacial score (nSPS) is 20.7. The highest BCUT2D eigenvalue weighted by molar-refractivity contribution is 8.15. The van der Waals surface area contributed by atoms with E-state index in [0.29, 0.717) is 5.56 Å². The Kier molecular flexibility index (Phi) is 5.16. The van der Waals surface area contributed by atoms with Gasteiger partial charge in [0.25, 0.3) is 0 Å². The lowest BCUT2D eigenvalue weighted by Crippen LogP contribution is -2.16. The standard InChI is InChI=1S/C18H23NO3S/c1-2-23(16-11-12-16)15-9-7-13(8-10-15)17(18(20)21)19-22-14-5-3-4-6-14/h2,7-10,14,16H,3-6,11-12H2,1H3,(H,20,21)/b19-17+. The van der Waals surface area contributed by atoms with E-state index in [0.717, 1.165) is 30.9 Å². The van der Waals surface area contributed by atoms with Gasteiger partial charge in [-0.15, -0.1) is 0 Å². The molecule has 0 spiro atoms. The summed E-state index contributed by atoms with van der Waals surface area (Å²) >= 11 is 0. The van der Waals surface area contributed by atoms with Crippen LogP contribution in [0.15, 0.2) is 34.3 Å². The van der Waals surface area contributed by atoms with E-state index >= 15 is 0 Å². The Bertz CT molecular complexity index is 626. The van der Waals surface area contributed by atoms with Crippen molar-refractivity contribution in [2.24, 2.45) is 5.16 Å². The first-order valence-corrected chi connectivity index (χ1v) is 9.63. The highest BCUT2D eigenvalue weighted by Crippen LogP contribution is 2.44. The van der Waals surface area contributed by atoms with Crippen LogP contribution in [-0.4, -0.2) is 33.5 Å². The smallest absolute Gasteiger partial charge is 0.358 e. The van der Waals surface area contributed by atoms with Gasteiger partial charge >= 0.3 is 5.97 Å². The van der Waals surface area contributed by atoms with E-state index in [9.17, 15) is 9.90 Å². The lowest BCUT2D eigenvalue weighted by atomic mass is 10.1. The maximum atomic E-state index is 11.5. The van der Waals surface area contributed by atoms with E-state index in [1.807, 2.05) is 24.3 Å². The number of nitrogens with zero attached hydrogens (tertiary/aromatic N) is 1. The Labute approximate surface area is 139 Å². The second-order valence-corrected chi connectivity index (χ2v) is 8.44. The van der Waals surface area contributed by atoms with Gasteiger partial charge < -0.3 is 9.94 Å². The van der Waals surface area contributed by atoms with Gasteiger partial charge in [-0.05, 0) is 57.6 Å². The largest absolute Gasteiger partial charge is 0.476 e. The molecule has 0 amide bonds. The number of rotatable bonds is 6. The van der Waals surface area contributed by atoms with Crippen molar-refractivity contribution in [1.82, 2.24) is 0 Å². The monoisotopic (exact) mass is 333 g/mol. The second-order valence-electron chi connectivity index (χ2n) is 6.09.